The minimum absolute atomic E-state index is 0.0806. The number of hydrogen-bond donors (Lipinski definition) is 2. The fourth-order valence-corrected chi connectivity index (χ4v) is 4.26. The van der Waals surface area contributed by atoms with Crippen molar-refractivity contribution in [3.05, 3.63) is 42.5 Å². The number of nitrogens with one attached hydrogen (secondary N) is 1. The molecule has 0 radical (unpaired) electrons. The second kappa shape index (κ2) is 5.77. The van der Waals surface area contributed by atoms with Crippen LogP contribution in [-0.2, 0) is 0 Å². The van der Waals surface area contributed by atoms with Crippen LogP contribution in [0.3, 0.4) is 0 Å². The molecule has 1 heterocycles. The molecule has 2 aromatic rings. The summed E-state index contributed by atoms with van der Waals surface area (Å²) in [5, 5.41) is 16.9. The number of aromatic nitrogens is 3. The molecule has 120 valence electrons. The third kappa shape index (κ3) is 2.53. The molecule has 4 rings (SSSR count). The first-order valence-corrected chi connectivity index (χ1v) is 8.13. The lowest BCUT2D eigenvalue weighted by Gasteiger charge is -2.30. The summed E-state index contributed by atoms with van der Waals surface area (Å²) in [6.07, 6.45) is 6.55. The summed E-state index contributed by atoms with van der Waals surface area (Å²) in [7, 11) is 0. The number of nitrogens with zero attached hydrogens (tertiary/aromatic N) is 3. The molecule has 4 unspecified atom stereocenters. The smallest absolute Gasteiger partial charge is 0.251 e. The van der Waals surface area contributed by atoms with Crippen LogP contribution in [0.25, 0.3) is 5.69 Å². The summed E-state index contributed by atoms with van der Waals surface area (Å²) in [5.41, 5.74) is 1.42. The normalized spacial score (nSPS) is 28.9. The molecule has 1 aromatic heterocycles. The molecule has 2 bridgehead atoms. The van der Waals surface area contributed by atoms with E-state index in [4.69, 9.17) is 0 Å². The van der Waals surface area contributed by atoms with Crippen molar-refractivity contribution in [1.29, 1.82) is 0 Å². The molecular formula is C17H20N4O2. The van der Waals surface area contributed by atoms with Crippen molar-refractivity contribution in [3.63, 3.8) is 0 Å². The fraction of sp³-hybridized carbons (Fsp3) is 0.471. The highest BCUT2D eigenvalue weighted by atomic mass is 16.3. The maximum Gasteiger partial charge on any atom is 0.251 e. The lowest BCUT2D eigenvalue weighted by Crippen LogP contribution is -2.45. The van der Waals surface area contributed by atoms with Gasteiger partial charge in [0.05, 0.1) is 5.69 Å². The van der Waals surface area contributed by atoms with Gasteiger partial charge in [-0.15, -0.1) is 0 Å². The second-order valence-corrected chi connectivity index (χ2v) is 6.57. The quantitative estimate of drug-likeness (QED) is 0.894. The molecule has 0 aliphatic heterocycles. The summed E-state index contributed by atoms with van der Waals surface area (Å²) in [6, 6.07) is 7.44. The van der Waals surface area contributed by atoms with Gasteiger partial charge in [0.25, 0.3) is 5.91 Å². The molecule has 2 N–H and O–H groups in total. The summed E-state index contributed by atoms with van der Waals surface area (Å²) < 4.78 is 1.63. The Balaban J connectivity index is 1.52. The third-order valence-electron chi connectivity index (χ3n) is 5.39. The maximum absolute atomic E-state index is 12.6. The summed E-state index contributed by atoms with van der Waals surface area (Å²) >= 11 is 0. The zero-order valence-corrected chi connectivity index (χ0v) is 12.8. The topological polar surface area (TPSA) is 80.0 Å². The van der Waals surface area contributed by atoms with Gasteiger partial charge in [-0.3, -0.25) is 4.79 Å². The van der Waals surface area contributed by atoms with Crippen LogP contribution < -0.4 is 5.32 Å². The Labute approximate surface area is 134 Å². The van der Waals surface area contributed by atoms with E-state index in [1.807, 2.05) is 18.2 Å². The molecular weight excluding hydrogens is 292 g/mol. The molecule has 2 aliphatic rings. The minimum Gasteiger partial charge on any atom is -0.396 e. The summed E-state index contributed by atoms with van der Waals surface area (Å²) in [6.45, 7) is 0.158. The molecule has 2 aliphatic carbocycles. The summed E-state index contributed by atoms with van der Waals surface area (Å²) in [4.78, 5) is 16.5. The van der Waals surface area contributed by atoms with E-state index in [-0.39, 0.29) is 24.5 Å². The molecule has 23 heavy (non-hydrogen) atoms. The zero-order chi connectivity index (χ0) is 15.8. The first kappa shape index (κ1) is 14.4. The van der Waals surface area contributed by atoms with E-state index < -0.39 is 0 Å². The molecule has 1 amide bonds. The van der Waals surface area contributed by atoms with Crippen LogP contribution in [0.5, 0.6) is 0 Å². The first-order chi connectivity index (χ1) is 11.3. The maximum atomic E-state index is 12.6. The Bertz CT molecular complexity index is 700. The average Bonchev–Trinajstić information content (AvgIpc) is 3.32. The van der Waals surface area contributed by atoms with Gasteiger partial charge in [0.2, 0.25) is 0 Å². The number of aliphatic hydroxyl groups is 1. The van der Waals surface area contributed by atoms with Gasteiger partial charge in [0.1, 0.15) is 12.7 Å². The van der Waals surface area contributed by atoms with Gasteiger partial charge >= 0.3 is 0 Å². The Morgan fingerprint density at radius 3 is 3.00 bits per heavy atom. The number of hydrogen-bond acceptors (Lipinski definition) is 4. The molecule has 0 saturated heterocycles. The first-order valence-electron chi connectivity index (χ1n) is 8.13. The van der Waals surface area contributed by atoms with Gasteiger partial charge in [-0.25, -0.2) is 9.67 Å². The van der Waals surface area contributed by atoms with E-state index in [2.05, 4.69) is 15.4 Å². The van der Waals surface area contributed by atoms with Crippen molar-refractivity contribution < 1.29 is 9.90 Å². The van der Waals surface area contributed by atoms with Crippen LogP contribution in [0, 0.1) is 17.8 Å². The monoisotopic (exact) mass is 312 g/mol. The SMILES string of the molecule is O=C(NC1C2CCC(C2)C1CO)c1cccc(-n2cncn2)c1. The predicted octanol–water partition coefficient (Wildman–Crippen LogP) is 1.40. The number of fused-ring (bicyclic) bond motifs is 2. The molecule has 0 spiro atoms. The second-order valence-electron chi connectivity index (χ2n) is 6.57. The Morgan fingerprint density at radius 2 is 2.22 bits per heavy atom. The molecule has 2 saturated carbocycles. The van der Waals surface area contributed by atoms with Gasteiger partial charge in [0.15, 0.2) is 0 Å². The molecule has 2 fully saturated rings. The zero-order valence-electron chi connectivity index (χ0n) is 12.8. The highest BCUT2D eigenvalue weighted by molar-refractivity contribution is 5.95. The van der Waals surface area contributed by atoms with Crippen LogP contribution in [-0.4, -0.2) is 38.4 Å². The lowest BCUT2D eigenvalue weighted by atomic mass is 9.85. The van der Waals surface area contributed by atoms with Crippen molar-refractivity contribution in [2.45, 2.75) is 25.3 Å². The van der Waals surface area contributed by atoms with E-state index in [1.54, 1.807) is 17.1 Å². The molecule has 1 aromatic carbocycles. The van der Waals surface area contributed by atoms with Gasteiger partial charge in [-0.1, -0.05) is 6.07 Å². The van der Waals surface area contributed by atoms with Crippen molar-refractivity contribution in [3.8, 4) is 5.69 Å². The van der Waals surface area contributed by atoms with Gasteiger partial charge in [-0.05, 0) is 49.3 Å². The Morgan fingerprint density at radius 1 is 1.35 bits per heavy atom. The largest absolute Gasteiger partial charge is 0.396 e. The van der Waals surface area contributed by atoms with E-state index in [0.717, 1.165) is 18.5 Å². The van der Waals surface area contributed by atoms with E-state index in [0.29, 0.717) is 17.4 Å². The van der Waals surface area contributed by atoms with Gasteiger partial charge in [0, 0.05) is 24.1 Å². The Hall–Kier alpha value is -2.21. The third-order valence-corrected chi connectivity index (χ3v) is 5.39. The summed E-state index contributed by atoms with van der Waals surface area (Å²) in [5.74, 6) is 1.20. The van der Waals surface area contributed by atoms with Crippen LogP contribution in [0.2, 0.25) is 0 Å². The van der Waals surface area contributed by atoms with Crippen LogP contribution in [0.15, 0.2) is 36.9 Å². The van der Waals surface area contributed by atoms with E-state index in [9.17, 15) is 9.90 Å². The number of benzene rings is 1. The standard InChI is InChI=1S/C17H20N4O2/c22-8-15-11-4-5-12(6-11)16(15)20-17(23)13-2-1-3-14(7-13)21-10-18-9-19-21/h1-3,7,9-12,15-16,22H,4-6,8H2,(H,20,23). The van der Waals surface area contributed by atoms with Crippen LogP contribution in [0.4, 0.5) is 0 Å². The number of carbonyl (C=O) groups excluding carboxylic acids is 1. The number of rotatable bonds is 4. The molecule has 6 heteroatoms. The fourth-order valence-electron chi connectivity index (χ4n) is 4.26. The van der Waals surface area contributed by atoms with Crippen molar-refractivity contribution >= 4 is 5.91 Å². The van der Waals surface area contributed by atoms with Gasteiger partial charge in [-0.2, -0.15) is 5.10 Å². The van der Waals surface area contributed by atoms with Crippen molar-refractivity contribution in [1.82, 2.24) is 20.1 Å². The van der Waals surface area contributed by atoms with E-state index in [1.165, 1.54) is 12.7 Å². The highest BCUT2D eigenvalue weighted by Crippen LogP contribution is 2.48. The molecule has 4 atom stereocenters. The minimum atomic E-state index is -0.0806. The lowest BCUT2D eigenvalue weighted by molar-refractivity contribution is 0.0861. The Kier molecular flexibility index (Phi) is 3.61. The van der Waals surface area contributed by atoms with Crippen LogP contribution in [0.1, 0.15) is 29.6 Å². The number of amides is 1. The van der Waals surface area contributed by atoms with Crippen molar-refractivity contribution in [2.75, 3.05) is 6.61 Å². The van der Waals surface area contributed by atoms with Gasteiger partial charge < -0.3 is 10.4 Å². The number of aliphatic hydroxyl groups excluding tert-OH is 1. The van der Waals surface area contributed by atoms with Crippen LogP contribution >= 0.6 is 0 Å². The average molecular weight is 312 g/mol. The van der Waals surface area contributed by atoms with E-state index >= 15 is 0 Å². The van der Waals surface area contributed by atoms with Crippen molar-refractivity contribution in [2.24, 2.45) is 17.8 Å². The predicted molar refractivity (Wildman–Crippen MR) is 84.0 cm³/mol. The number of carbonyl (C=O) groups is 1. The molecule has 6 nitrogen and oxygen atoms in total. The highest BCUT2D eigenvalue weighted by Gasteiger charge is 2.47.